The molecule has 0 aromatic heterocycles. The first-order chi connectivity index (χ1) is 12.0. The number of hydrogen-bond acceptors (Lipinski definition) is 9. The van der Waals surface area contributed by atoms with E-state index in [9.17, 15) is 4.57 Å². The standard InChI is InChI=1S/C13H28N4O6P2/c18-24(19)22-12-16-8-4-14-2-1-3-15(6-10-16)7-11-17(9-5-14)13-23-25(20)21/h18-19H,1-13H2/p+1. The van der Waals surface area contributed by atoms with Crippen molar-refractivity contribution in [3.63, 3.8) is 0 Å². The molecule has 0 amide bonds. The third-order valence-electron chi connectivity index (χ3n) is 4.59. The Morgan fingerprint density at radius 3 is 1.72 bits per heavy atom. The van der Waals surface area contributed by atoms with Crippen molar-refractivity contribution in [2.75, 3.05) is 78.9 Å². The molecule has 0 spiro atoms. The number of fused-ring (bicyclic) bond motifs is 4. The van der Waals surface area contributed by atoms with Crippen molar-refractivity contribution in [2.45, 2.75) is 6.42 Å². The summed E-state index contributed by atoms with van der Waals surface area (Å²) in [6.07, 6.45) is 1.12. The lowest BCUT2D eigenvalue weighted by Gasteiger charge is -2.36. The summed E-state index contributed by atoms with van der Waals surface area (Å²) < 4.78 is 20.7. The van der Waals surface area contributed by atoms with Crippen LogP contribution in [-0.2, 0) is 13.6 Å². The summed E-state index contributed by atoms with van der Waals surface area (Å²) in [5.74, 6) is 0. The number of hydrogen-bond donors (Lipinski definition) is 3. The van der Waals surface area contributed by atoms with Gasteiger partial charge in [0.1, 0.15) is 6.73 Å². The highest BCUT2D eigenvalue weighted by Crippen LogP contribution is 2.24. The van der Waals surface area contributed by atoms with E-state index in [4.69, 9.17) is 23.7 Å². The topological polar surface area (TPSA) is 109 Å². The molecule has 2 heterocycles. The minimum atomic E-state index is -2.57. The van der Waals surface area contributed by atoms with Crippen molar-refractivity contribution in [1.82, 2.24) is 19.6 Å². The Kier molecular flexibility index (Phi) is 10.1. The Bertz CT molecular complexity index is 389. The molecule has 2 aliphatic heterocycles. The van der Waals surface area contributed by atoms with E-state index in [1.165, 1.54) is 0 Å². The van der Waals surface area contributed by atoms with Crippen LogP contribution >= 0.6 is 16.9 Å². The third kappa shape index (κ3) is 9.08. The molecule has 2 aliphatic rings. The minimum absolute atomic E-state index is 0.171. The van der Waals surface area contributed by atoms with E-state index >= 15 is 0 Å². The highest BCUT2D eigenvalue weighted by molar-refractivity contribution is 7.39. The molecule has 2 saturated heterocycles. The average Bonchev–Trinajstić information content (AvgIpc) is 2.57. The first-order valence-corrected chi connectivity index (χ1v) is 10.8. The van der Waals surface area contributed by atoms with Crippen molar-refractivity contribution in [1.29, 1.82) is 0 Å². The molecule has 0 aromatic rings. The van der Waals surface area contributed by atoms with Gasteiger partial charge in [-0.2, -0.15) is 0 Å². The molecule has 0 aliphatic carbocycles. The maximum Gasteiger partial charge on any atom is 0.696 e. The Hall–Kier alpha value is 0.170. The summed E-state index contributed by atoms with van der Waals surface area (Å²) in [5, 5.41) is 0. The fourth-order valence-corrected chi connectivity index (χ4v) is 3.59. The molecule has 3 unspecified atom stereocenters. The first kappa shape index (κ1) is 21.5. The van der Waals surface area contributed by atoms with Gasteiger partial charge in [0.15, 0.2) is 6.73 Å². The van der Waals surface area contributed by atoms with E-state index < -0.39 is 16.9 Å². The van der Waals surface area contributed by atoms with Crippen LogP contribution in [0.3, 0.4) is 0 Å². The fourth-order valence-electron chi connectivity index (χ4n) is 3.07. The van der Waals surface area contributed by atoms with Gasteiger partial charge in [0, 0.05) is 56.9 Å². The monoisotopic (exact) mass is 399 g/mol. The summed E-state index contributed by atoms with van der Waals surface area (Å²) in [6.45, 7) is 9.06. The van der Waals surface area contributed by atoms with Crippen LogP contribution in [-0.4, -0.2) is 113 Å². The second-order valence-electron chi connectivity index (χ2n) is 6.28. The molecule has 2 rings (SSSR count). The summed E-state index contributed by atoms with van der Waals surface area (Å²) in [6, 6.07) is 0. The van der Waals surface area contributed by atoms with Crippen LogP contribution in [0.25, 0.3) is 0 Å². The van der Waals surface area contributed by atoms with Gasteiger partial charge in [0.25, 0.3) is 0 Å². The quantitative estimate of drug-likeness (QED) is 0.502. The van der Waals surface area contributed by atoms with Gasteiger partial charge in [-0.25, -0.2) is 0 Å². The summed E-state index contributed by atoms with van der Waals surface area (Å²) >= 11 is 0. The van der Waals surface area contributed by atoms with Gasteiger partial charge in [-0.15, -0.1) is 9.42 Å². The first-order valence-electron chi connectivity index (χ1n) is 8.52. The predicted octanol–water partition coefficient (Wildman–Crippen LogP) is -0.579. The van der Waals surface area contributed by atoms with Gasteiger partial charge in [0.05, 0.1) is 0 Å². The van der Waals surface area contributed by atoms with Crippen LogP contribution in [0, 0.1) is 0 Å². The van der Waals surface area contributed by atoms with E-state index in [1.807, 2.05) is 0 Å². The second kappa shape index (κ2) is 11.8. The number of nitrogens with zero attached hydrogens (tertiary/aromatic N) is 4. The van der Waals surface area contributed by atoms with E-state index in [2.05, 4.69) is 19.6 Å². The Morgan fingerprint density at radius 1 is 0.800 bits per heavy atom. The molecule has 12 heteroatoms. The second-order valence-corrected chi connectivity index (χ2v) is 7.78. The summed E-state index contributed by atoms with van der Waals surface area (Å²) in [5.41, 5.74) is 0. The van der Waals surface area contributed by atoms with Gasteiger partial charge in [-0.1, -0.05) is 0 Å². The van der Waals surface area contributed by atoms with Gasteiger partial charge in [0.2, 0.25) is 0 Å². The fraction of sp³-hybridized carbons (Fsp3) is 1.00. The van der Waals surface area contributed by atoms with E-state index in [1.54, 1.807) is 0 Å². The Morgan fingerprint density at radius 2 is 1.28 bits per heavy atom. The van der Waals surface area contributed by atoms with Crippen molar-refractivity contribution < 1.29 is 28.3 Å². The molecule has 10 nitrogen and oxygen atoms in total. The van der Waals surface area contributed by atoms with E-state index in [0.29, 0.717) is 0 Å². The normalized spacial score (nSPS) is 28.4. The summed E-state index contributed by atoms with van der Waals surface area (Å²) in [7, 11) is -4.89. The smallest absolute Gasteiger partial charge is 0.328 e. The summed E-state index contributed by atoms with van der Waals surface area (Å²) in [4.78, 5) is 35.7. The zero-order chi connectivity index (χ0) is 18.1. The van der Waals surface area contributed by atoms with Crippen LogP contribution < -0.4 is 0 Å². The molecule has 3 N–H and O–H groups in total. The van der Waals surface area contributed by atoms with Crippen LogP contribution in [0.1, 0.15) is 6.42 Å². The molecule has 146 valence electrons. The zero-order valence-electron chi connectivity index (χ0n) is 14.4. The third-order valence-corrected chi connectivity index (χ3v) is 5.27. The van der Waals surface area contributed by atoms with E-state index in [-0.39, 0.29) is 13.5 Å². The van der Waals surface area contributed by atoms with Crippen LogP contribution in [0.4, 0.5) is 0 Å². The van der Waals surface area contributed by atoms with Crippen LogP contribution in [0.5, 0.6) is 0 Å². The lowest BCUT2D eigenvalue weighted by molar-refractivity contribution is 0.0520. The molecule has 2 fully saturated rings. The van der Waals surface area contributed by atoms with Crippen LogP contribution in [0.15, 0.2) is 0 Å². The van der Waals surface area contributed by atoms with Crippen molar-refractivity contribution in [3.8, 4) is 0 Å². The maximum absolute atomic E-state index is 10.8. The highest BCUT2D eigenvalue weighted by Gasteiger charge is 2.21. The van der Waals surface area contributed by atoms with Gasteiger partial charge < -0.3 is 19.6 Å². The van der Waals surface area contributed by atoms with Crippen LogP contribution in [0.2, 0.25) is 0 Å². The minimum Gasteiger partial charge on any atom is -0.328 e. The van der Waals surface area contributed by atoms with Crippen molar-refractivity contribution >= 4 is 16.9 Å². The molecule has 0 radical (unpaired) electrons. The van der Waals surface area contributed by atoms with Gasteiger partial charge in [-0.05, 0) is 19.5 Å². The molecule has 2 bridgehead atoms. The molecule has 0 aromatic carbocycles. The van der Waals surface area contributed by atoms with Crippen molar-refractivity contribution in [2.24, 2.45) is 0 Å². The van der Waals surface area contributed by atoms with Crippen molar-refractivity contribution in [3.05, 3.63) is 0 Å². The SMILES string of the molecule is O=[P+](O)OCN1CCN2CCCN(CCN(COP(O)O)CC2)CC1. The maximum atomic E-state index is 10.8. The van der Waals surface area contributed by atoms with E-state index in [0.717, 1.165) is 71.9 Å². The average molecular weight is 399 g/mol. The Balaban J connectivity index is 1.93. The predicted molar refractivity (Wildman–Crippen MR) is 93.7 cm³/mol. The number of rotatable bonds is 6. The zero-order valence-corrected chi connectivity index (χ0v) is 16.2. The highest BCUT2D eigenvalue weighted by atomic mass is 31.2. The Labute approximate surface area is 150 Å². The largest absolute Gasteiger partial charge is 0.696 e. The molecular weight excluding hydrogens is 370 g/mol. The molecule has 0 saturated carbocycles. The molecule has 3 atom stereocenters. The lowest BCUT2D eigenvalue weighted by atomic mass is 10.2. The molecule has 25 heavy (non-hydrogen) atoms. The van der Waals surface area contributed by atoms with Gasteiger partial charge in [-0.3, -0.25) is 14.3 Å². The van der Waals surface area contributed by atoms with Gasteiger partial charge >= 0.3 is 16.9 Å². The lowest BCUT2D eigenvalue weighted by Crippen LogP contribution is -2.49. The molecular formula is C13H29N4O6P2+.